The Hall–Kier alpha value is -1.36. The summed E-state index contributed by atoms with van der Waals surface area (Å²) in [5.41, 5.74) is 0.00580. The van der Waals surface area contributed by atoms with Crippen molar-refractivity contribution >= 4 is 5.91 Å². The van der Waals surface area contributed by atoms with Crippen LogP contribution in [0, 0.1) is 6.92 Å². The van der Waals surface area contributed by atoms with Crippen LogP contribution in [0.1, 0.15) is 45.5 Å². The zero-order valence-corrected chi connectivity index (χ0v) is 13.0. The lowest BCUT2D eigenvalue weighted by Crippen LogP contribution is -2.47. The highest BCUT2D eigenvalue weighted by atomic mass is 16.2. The number of aryl methyl sites for hydroxylation is 1. The molecule has 1 saturated carbocycles. The first-order valence-corrected chi connectivity index (χ1v) is 7.55. The number of rotatable bonds is 7. The Labute approximate surface area is 121 Å². The van der Waals surface area contributed by atoms with Crippen molar-refractivity contribution in [3.63, 3.8) is 0 Å². The number of nitrogens with one attached hydrogen (secondary N) is 1. The van der Waals surface area contributed by atoms with Crippen LogP contribution in [0.3, 0.4) is 0 Å². The second kappa shape index (κ2) is 5.95. The van der Waals surface area contributed by atoms with E-state index >= 15 is 0 Å². The van der Waals surface area contributed by atoms with E-state index in [0.29, 0.717) is 0 Å². The van der Waals surface area contributed by atoms with Crippen molar-refractivity contribution in [3.05, 3.63) is 18.2 Å². The van der Waals surface area contributed by atoms with Crippen LogP contribution < -0.4 is 5.32 Å². The van der Waals surface area contributed by atoms with E-state index in [2.05, 4.69) is 29.0 Å². The van der Waals surface area contributed by atoms with E-state index in [-0.39, 0.29) is 17.5 Å². The Balaban J connectivity index is 1.96. The van der Waals surface area contributed by atoms with Gasteiger partial charge in [0.25, 0.3) is 0 Å². The summed E-state index contributed by atoms with van der Waals surface area (Å²) in [6.45, 7) is 11.2. The van der Waals surface area contributed by atoms with Crippen molar-refractivity contribution in [2.45, 2.75) is 52.1 Å². The van der Waals surface area contributed by atoms with E-state index in [1.54, 1.807) is 6.20 Å². The number of carbonyl (C=O) groups excluding carboxylic acids is 1. The molecular formula is C15H26N4O. The molecule has 1 aliphatic carbocycles. The van der Waals surface area contributed by atoms with Gasteiger partial charge in [-0.15, -0.1) is 0 Å². The molecule has 0 spiro atoms. The van der Waals surface area contributed by atoms with Gasteiger partial charge in [0.15, 0.2) is 0 Å². The van der Waals surface area contributed by atoms with E-state index in [1.807, 2.05) is 24.6 Å². The summed E-state index contributed by atoms with van der Waals surface area (Å²) in [6.07, 6.45) is 5.78. The SMILES string of the molecule is CCN(CC)CC1(NC(=O)[C@H](C)n2ccnc2C)CC1. The minimum Gasteiger partial charge on any atom is -0.348 e. The third-order valence-corrected chi connectivity index (χ3v) is 4.32. The molecule has 0 bridgehead atoms. The number of amides is 1. The lowest BCUT2D eigenvalue weighted by Gasteiger charge is -2.27. The maximum atomic E-state index is 12.4. The van der Waals surface area contributed by atoms with Crippen molar-refractivity contribution in [1.29, 1.82) is 0 Å². The third-order valence-electron chi connectivity index (χ3n) is 4.32. The topological polar surface area (TPSA) is 50.2 Å². The van der Waals surface area contributed by atoms with Crippen molar-refractivity contribution in [1.82, 2.24) is 19.8 Å². The lowest BCUT2D eigenvalue weighted by atomic mass is 10.2. The Morgan fingerprint density at radius 1 is 1.50 bits per heavy atom. The van der Waals surface area contributed by atoms with Gasteiger partial charge in [0.2, 0.25) is 5.91 Å². The fourth-order valence-electron chi connectivity index (χ4n) is 2.64. The van der Waals surface area contributed by atoms with Crippen LogP contribution in [0.5, 0.6) is 0 Å². The largest absolute Gasteiger partial charge is 0.348 e. The molecule has 1 fully saturated rings. The molecule has 0 unspecified atom stereocenters. The molecule has 112 valence electrons. The fraction of sp³-hybridized carbons (Fsp3) is 0.733. The van der Waals surface area contributed by atoms with E-state index < -0.39 is 0 Å². The minimum atomic E-state index is -0.202. The van der Waals surface area contributed by atoms with Crippen molar-refractivity contribution < 1.29 is 4.79 Å². The molecule has 20 heavy (non-hydrogen) atoms. The number of likely N-dealkylation sites (N-methyl/N-ethyl adjacent to an activating group) is 1. The predicted octanol–water partition coefficient (Wildman–Crippen LogP) is 1.74. The van der Waals surface area contributed by atoms with E-state index in [1.165, 1.54) is 0 Å². The van der Waals surface area contributed by atoms with Gasteiger partial charge in [-0.3, -0.25) is 4.79 Å². The molecule has 2 rings (SSSR count). The van der Waals surface area contributed by atoms with Gasteiger partial charge in [0.1, 0.15) is 11.9 Å². The number of nitrogens with zero attached hydrogens (tertiary/aromatic N) is 3. The minimum absolute atomic E-state index is 0.00580. The smallest absolute Gasteiger partial charge is 0.243 e. The second-order valence-electron chi connectivity index (χ2n) is 5.79. The Morgan fingerprint density at radius 2 is 2.15 bits per heavy atom. The predicted molar refractivity (Wildman–Crippen MR) is 79.6 cm³/mol. The zero-order chi connectivity index (χ0) is 14.8. The molecule has 5 nitrogen and oxygen atoms in total. The highest BCUT2D eigenvalue weighted by Crippen LogP contribution is 2.36. The van der Waals surface area contributed by atoms with Gasteiger partial charge < -0.3 is 14.8 Å². The molecule has 1 aliphatic rings. The van der Waals surface area contributed by atoms with Gasteiger partial charge >= 0.3 is 0 Å². The second-order valence-corrected chi connectivity index (χ2v) is 5.79. The first-order valence-electron chi connectivity index (χ1n) is 7.55. The summed E-state index contributed by atoms with van der Waals surface area (Å²) in [7, 11) is 0. The van der Waals surface area contributed by atoms with Crippen LogP contribution in [0.25, 0.3) is 0 Å². The number of carbonyl (C=O) groups is 1. The molecule has 0 saturated heterocycles. The molecule has 0 aromatic carbocycles. The van der Waals surface area contributed by atoms with Crippen LogP contribution in [-0.2, 0) is 4.79 Å². The number of hydrogen-bond acceptors (Lipinski definition) is 3. The molecule has 1 atom stereocenters. The van der Waals surface area contributed by atoms with E-state index in [0.717, 1.165) is 38.3 Å². The number of hydrogen-bond donors (Lipinski definition) is 1. The summed E-state index contributed by atoms with van der Waals surface area (Å²) in [5.74, 6) is 0.969. The first-order chi connectivity index (χ1) is 9.51. The molecule has 1 aromatic heterocycles. The standard InChI is InChI=1S/C15H26N4O/c1-5-18(6-2)11-15(7-8-15)17-14(20)12(3)19-10-9-16-13(19)4/h9-10,12H,5-8,11H2,1-4H3,(H,17,20)/t12-/m0/s1. The average molecular weight is 278 g/mol. The molecule has 1 N–H and O–H groups in total. The molecule has 0 radical (unpaired) electrons. The molecule has 0 aliphatic heterocycles. The van der Waals surface area contributed by atoms with Crippen molar-refractivity contribution in [2.75, 3.05) is 19.6 Å². The van der Waals surface area contributed by atoms with E-state index in [4.69, 9.17) is 0 Å². The summed E-state index contributed by atoms with van der Waals surface area (Å²) >= 11 is 0. The maximum Gasteiger partial charge on any atom is 0.243 e. The fourth-order valence-corrected chi connectivity index (χ4v) is 2.64. The molecule has 1 heterocycles. The third kappa shape index (κ3) is 3.20. The van der Waals surface area contributed by atoms with E-state index in [9.17, 15) is 4.79 Å². The van der Waals surface area contributed by atoms with Crippen LogP contribution in [0.2, 0.25) is 0 Å². The highest BCUT2D eigenvalue weighted by Gasteiger charge is 2.45. The summed E-state index contributed by atoms with van der Waals surface area (Å²) in [4.78, 5) is 19.0. The van der Waals surface area contributed by atoms with Gasteiger partial charge in [-0.25, -0.2) is 4.98 Å². The Bertz CT molecular complexity index is 460. The van der Waals surface area contributed by atoms with Crippen molar-refractivity contribution in [3.8, 4) is 0 Å². The van der Waals surface area contributed by atoms with Crippen LogP contribution in [-0.4, -0.2) is 45.5 Å². The maximum absolute atomic E-state index is 12.4. The van der Waals surface area contributed by atoms with Gasteiger partial charge in [0.05, 0.1) is 5.54 Å². The van der Waals surface area contributed by atoms with Gasteiger partial charge in [0, 0.05) is 18.9 Å². The van der Waals surface area contributed by atoms with Crippen LogP contribution in [0.15, 0.2) is 12.4 Å². The first kappa shape index (κ1) is 15.0. The molecule has 1 amide bonds. The Kier molecular flexibility index (Phi) is 4.48. The van der Waals surface area contributed by atoms with Crippen LogP contribution >= 0.6 is 0 Å². The number of imidazole rings is 1. The quantitative estimate of drug-likeness (QED) is 0.826. The summed E-state index contributed by atoms with van der Waals surface area (Å²) < 4.78 is 1.92. The van der Waals surface area contributed by atoms with Gasteiger partial charge in [-0.05, 0) is 39.8 Å². The van der Waals surface area contributed by atoms with Crippen molar-refractivity contribution in [2.24, 2.45) is 0 Å². The average Bonchev–Trinajstić information content (AvgIpc) is 3.06. The molecule has 1 aromatic rings. The van der Waals surface area contributed by atoms with Gasteiger partial charge in [-0.2, -0.15) is 0 Å². The lowest BCUT2D eigenvalue weighted by molar-refractivity contribution is -0.125. The summed E-state index contributed by atoms with van der Waals surface area (Å²) in [5, 5.41) is 3.25. The zero-order valence-electron chi connectivity index (χ0n) is 13.0. The normalized spacial score (nSPS) is 18.1. The number of aromatic nitrogens is 2. The van der Waals surface area contributed by atoms with Crippen LogP contribution in [0.4, 0.5) is 0 Å². The molecular weight excluding hydrogens is 252 g/mol. The Morgan fingerprint density at radius 3 is 2.60 bits per heavy atom. The monoisotopic (exact) mass is 278 g/mol. The summed E-state index contributed by atoms with van der Waals surface area (Å²) in [6, 6.07) is -0.202. The molecule has 5 heteroatoms. The van der Waals surface area contributed by atoms with Gasteiger partial charge in [-0.1, -0.05) is 13.8 Å². The highest BCUT2D eigenvalue weighted by molar-refractivity contribution is 5.81.